The highest BCUT2D eigenvalue weighted by Gasteiger charge is 2.46. The fraction of sp³-hybridized carbons (Fsp3) is 0.381. The summed E-state index contributed by atoms with van der Waals surface area (Å²) >= 11 is 0. The number of hydrogen-bond acceptors (Lipinski definition) is 9. The van der Waals surface area contributed by atoms with Crippen LogP contribution in [0.5, 0.6) is 0 Å². The zero-order valence-electron chi connectivity index (χ0n) is 16.7. The van der Waals surface area contributed by atoms with E-state index in [1.807, 2.05) is 43.3 Å². The van der Waals surface area contributed by atoms with Gasteiger partial charge < -0.3 is 30.3 Å². The quantitative estimate of drug-likeness (QED) is 0.320. The minimum absolute atomic E-state index is 0.503. The van der Waals surface area contributed by atoms with Gasteiger partial charge in [0.1, 0.15) is 36.6 Å². The summed E-state index contributed by atoms with van der Waals surface area (Å²) in [5, 5.41) is 64.3. The highest BCUT2D eigenvalue weighted by Crippen LogP contribution is 2.33. The lowest BCUT2D eigenvalue weighted by molar-refractivity contribution is -0.250. The number of aromatic nitrogens is 4. The first-order valence-corrected chi connectivity index (χ1v) is 9.84. The van der Waals surface area contributed by atoms with Gasteiger partial charge in [0.25, 0.3) is 0 Å². The molecule has 0 unspecified atom stereocenters. The maximum Gasteiger partial charge on any atom is 0.179 e. The van der Waals surface area contributed by atoms with Crippen molar-refractivity contribution in [2.75, 3.05) is 6.61 Å². The first-order valence-electron chi connectivity index (χ1n) is 9.84. The Balaban J connectivity index is 1.60. The van der Waals surface area contributed by atoms with Crippen molar-refractivity contribution < 1.29 is 30.3 Å². The molecule has 0 radical (unpaired) electrons. The third-order valence-electron chi connectivity index (χ3n) is 5.64. The fourth-order valence-electron chi connectivity index (χ4n) is 3.88. The maximum absolute atomic E-state index is 10.9. The van der Waals surface area contributed by atoms with E-state index in [9.17, 15) is 25.5 Å². The van der Waals surface area contributed by atoms with Crippen LogP contribution in [0.25, 0.3) is 22.5 Å². The van der Waals surface area contributed by atoms with Crippen LogP contribution in [0, 0.1) is 6.92 Å². The summed E-state index contributed by atoms with van der Waals surface area (Å²) in [4.78, 5) is 0. The second-order valence-corrected chi connectivity index (χ2v) is 7.64. The molecule has 6 atom stereocenters. The lowest BCUT2D eigenvalue weighted by atomic mass is 9.87. The van der Waals surface area contributed by atoms with Gasteiger partial charge in [-0.15, -0.1) is 5.10 Å². The van der Waals surface area contributed by atoms with E-state index in [-0.39, 0.29) is 0 Å². The summed E-state index contributed by atoms with van der Waals surface area (Å²) < 4.78 is 5.49. The van der Waals surface area contributed by atoms with Crippen LogP contribution in [-0.2, 0) is 4.74 Å². The Morgan fingerprint density at radius 1 is 1.00 bits per heavy atom. The number of tetrazole rings is 1. The second-order valence-electron chi connectivity index (χ2n) is 7.64. The van der Waals surface area contributed by atoms with Crippen molar-refractivity contribution in [3.05, 3.63) is 53.6 Å². The standard InChI is InChI=1S/C21H24N4O6/c1-10-7-12(11-3-2-4-13(8-11)21-22-24-25-23-21)5-6-14(10)16(27)20-19(30)18(29)17(28)15(9-26)31-20/h2-8,15-20,26-30H,9H2,1H3,(H,22,23,24,25)/t15-,16-,17-,18+,19+,20-/m1/s1. The molecule has 0 amide bonds. The molecule has 1 aliphatic rings. The molecule has 3 aromatic rings. The molecule has 2 aromatic carbocycles. The predicted octanol–water partition coefficient (Wildman–Crippen LogP) is -0.282. The number of nitrogens with one attached hydrogen (secondary N) is 1. The van der Waals surface area contributed by atoms with Crippen LogP contribution in [0.1, 0.15) is 17.2 Å². The molecule has 1 aliphatic heterocycles. The van der Waals surface area contributed by atoms with E-state index in [2.05, 4.69) is 20.6 Å². The number of ether oxygens (including phenoxy) is 1. The van der Waals surface area contributed by atoms with Crippen LogP contribution in [0.2, 0.25) is 0 Å². The van der Waals surface area contributed by atoms with Crippen LogP contribution in [0.4, 0.5) is 0 Å². The zero-order valence-corrected chi connectivity index (χ0v) is 16.7. The molecule has 1 fully saturated rings. The summed E-state index contributed by atoms with van der Waals surface area (Å²) in [5.74, 6) is 0.549. The molecule has 164 valence electrons. The van der Waals surface area contributed by atoms with Gasteiger partial charge in [0.15, 0.2) is 5.82 Å². The Morgan fingerprint density at radius 3 is 2.42 bits per heavy atom. The van der Waals surface area contributed by atoms with Crippen molar-refractivity contribution in [1.29, 1.82) is 0 Å². The molecule has 1 saturated heterocycles. The van der Waals surface area contributed by atoms with E-state index in [4.69, 9.17) is 4.74 Å². The van der Waals surface area contributed by atoms with Crippen molar-refractivity contribution in [2.45, 2.75) is 43.5 Å². The van der Waals surface area contributed by atoms with Crippen molar-refractivity contribution in [1.82, 2.24) is 20.6 Å². The van der Waals surface area contributed by atoms with Gasteiger partial charge in [-0.05, 0) is 45.7 Å². The third kappa shape index (κ3) is 4.09. The van der Waals surface area contributed by atoms with E-state index in [0.717, 1.165) is 22.3 Å². The summed E-state index contributed by atoms with van der Waals surface area (Å²) in [6.45, 7) is 1.26. The van der Waals surface area contributed by atoms with Crippen molar-refractivity contribution in [2.24, 2.45) is 0 Å². The van der Waals surface area contributed by atoms with Crippen LogP contribution >= 0.6 is 0 Å². The van der Waals surface area contributed by atoms with Crippen LogP contribution < -0.4 is 0 Å². The number of H-pyrrole nitrogens is 1. The molecule has 1 aromatic heterocycles. The highest BCUT2D eigenvalue weighted by molar-refractivity contribution is 5.70. The summed E-state index contributed by atoms with van der Waals surface area (Å²) in [5.41, 5.74) is 3.89. The number of aromatic amines is 1. The molecule has 31 heavy (non-hydrogen) atoms. The van der Waals surface area contributed by atoms with Gasteiger partial charge in [0.2, 0.25) is 0 Å². The first kappa shape index (κ1) is 21.5. The number of hydrogen-bond donors (Lipinski definition) is 6. The Kier molecular flexibility index (Phi) is 6.10. The largest absolute Gasteiger partial charge is 0.394 e. The van der Waals surface area contributed by atoms with Gasteiger partial charge in [-0.25, -0.2) is 5.10 Å². The molecule has 0 saturated carbocycles. The normalized spacial score (nSPS) is 27.2. The van der Waals surface area contributed by atoms with Crippen LogP contribution in [0.3, 0.4) is 0 Å². The number of nitrogens with zero attached hydrogens (tertiary/aromatic N) is 3. The maximum atomic E-state index is 10.9. The van der Waals surface area contributed by atoms with Gasteiger partial charge in [0, 0.05) is 5.56 Å². The summed E-state index contributed by atoms with van der Waals surface area (Å²) in [6.07, 6.45) is -8.09. The van der Waals surface area contributed by atoms with E-state index < -0.39 is 43.2 Å². The van der Waals surface area contributed by atoms with E-state index in [1.165, 1.54) is 0 Å². The molecule has 10 heteroatoms. The average molecular weight is 428 g/mol. The molecule has 0 spiro atoms. The van der Waals surface area contributed by atoms with Gasteiger partial charge in [-0.2, -0.15) is 0 Å². The van der Waals surface area contributed by atoms with Gasteiger partial charge in [-0.3, -0.25) is 0 Å². The second kappa shape index (κ2) is 8.79. The minimum Gasteiger partial charge on any atom is -0.394 e. The number of benzene rings is 2. The molecule has 6 N–H and O–H groups in total. The molecule has 0 bridgehead atoms. The predicted molar refractivity (Wildman–Crippen MR) is 109 cm³/mol. The Hall–Kier alpha value is -2.73. The van der Waals surface area contributed by atoms with Gasteiger partial charge in [-0.1, -0.05) is 36.4 Å². The SMILES string of the molecule is Cc1cc(-c2cccc(-c3nnn[nH]3)c2)ccc1[C@@H](O)[C@H]1O[C@H](CO)[C@@H](O)[C@H](O)[C@@H]1O. The molecular weight excluding hydrogens is 404 g/mol. The minimum atomic E-state index is -1.54. The highest BCUT2D eigenvalue weighted by atomic mass is 16.6. The molecule has 10 nitrogen and oxygen atoms in total. The average Bonchev–Trinajstić information content (AvgIpc) is 3.32. The lowest BCUT2D eigenvalue weighted by Crippen LogP contribution is -2.59. The summed E-state index contributed by atoms with van der Waals surface area (Å²) in [7, 11) is 0. The Morgan fingerprint density at radius 2 is 1.74 bits per heavy atom. The molecule has 4 rings (SSSR count). The zero-order chi connectivity index (χ0) is 22.1. The third-order valence-corrected chi connectivity index (χ3v) is 5.64. The molecular formula is C21H24N4O6. The fourth-order valence-corrected chi connectivity index (χ4v) is 3.88. The molecule has 0 aliphatic carbocycles. The number of rotatable bonds is 5. The first-order chi connectivity index (χ1) is 14.9. The summed E-state index contributed by atoms with van der Waals surface area (Å²) in [6, 6.07) is 13.1. The lowest BCUT2D eigenvalue weighted by Gasteiger charge is -2.42. The van der Waals surface area contributed by atoms with Crippen LogP contribution in [-0.4, -0.2) is 83.3 Å². The van der Waals surface area contributed by atoms with Gasteiger partial charge in [0.05, 0.1) is 6.61 Å². The van der Waals surface area contributed by atoms with Gasteiger partial charge >= 0.3 is 0 Å². The number of aryl methyl sites for hydroxylation is 1. The Labute approximate surface area is 177 Å². The smallest absolute Gasteiger partial charge is 0.179 e. The number of aliphatic hydroxyl groups is 5. The monoisotopic (exact) mass is 428 g/mol. The van der Waals surface area contributed by atoms with E-state index >= 15 is 0 Å². The Bertz CT molecular complexity index is 1030. The molecule has 2 heterocycles. The van der Waals surface area contributed by atoms with Crippen molar-refractivity contribution in [3.8, 4) is 22.5 Å². The van der Waals surface area contributed by atoms with E-state index in [1.54, 1.807) is 6.07 Å². The number of aliphatic hydroxyl groups excluding tert-OH is 5. The van der Waals surface area contributed by atoms with Crippen molar-refractivity contribution >= 4 is 0 Å². The van der Waals surface area contributed by atoms with E-state index in [0.29, 0.717) is 11.4 Å². The topological polar surface area (TPSA) is 165 Å². The van der Waals surface area contributed by atoms with Crippen LogP contribution in [0.15, 0.2) is 42.5 Å². The van der Waals surface area contributed by atoms with Crippen molar-refractivity contribution in [3.63, 3.8) is 0 Å².